The fraction of sp³-hybridized carbons (Fsp3) is 0.355. The Morgan fingerprint density at radius 3 is 2.22 bits per heavy atom. The Morgan fingerprint density at radius 2 is 1.61 bits per heavy atom. The van der Waals surface area contributed by atoms with E-state index in [1.54, 1.807) is 6.92 Å². The Morgan fingerprint density at radius 1 is 0.976 bits per heavy atom. The summed E-state index contributed by atoms with van der Waals surface area (Å²) in [5.74, 6) is -0.890. The van der Waals surface area contributed by atoms with Crippen molar-refractivity contribution in [3.63, 3.8) is 0 Å². The minimum absolute atomic E-state index is 0.0558. The Hall–Kier alpha value is -3.92. The third-order valence-corrected chi connectivity index (χ3v) is 8.97. The summed E-state index contributed by atoms with van der Waals surface area (Å²) in [5, 5.41) is 3.04. The van der Waals surface area contributed by atoms with Crippen LogP contribution in [0.5, 0.6) is 5.75 Å². The fourth-order valence-corrected chi connectivity index (χ4v) is 6.31. The van der Waals surface area contributed by atoms with Crippen molar-refractivity contribution in [3.05, 3.63) is 90.2 Å². The van der Waals surface area contributed by atoms with E-state index in [9.17, 15) is 22.4 Å². The van der Waals surface area contributed by atoms with Gasteiger partial charge in [-0.05, 0) is 80.8 Å². The van der Waals surface area contributed by atoms with E-state index in [4.69, 9.17) is 4.74 Å². The summed E-state index contributed by atoms with van der Waals surface area (Å²) in [4.78, 5) is 28.5. The molecule has 218 valence electrons. The predicted molar refractivity (Wildman–Crippen MR) is 155 cm³/mol. The molecule has 41 heavy (non-hydrogen) atoms. The third kappa shape index (κ3) is 7.64. The Balaban J connectivity index is 1.66. The first-order chi connectivity index (χ1) is 19.7. The molecule has 0 heterocycles. The van der Waals surface area contributed by atoms with Gasteiger partial charge in [-0.25, -0.2) is 12.8 Å². The summed E-state index contributed by atoms with van der Waals surface area (Å²) < 4.78 is 47.9. The number of nitrogens with zero attached hydrogens (tertiary/aromatic N) is 2. The molecule has 8 nitrogen and oxygen atoms in total. The second-order valence-corrected chi connectivity index (χ2v) is 11.9. The molecule has 2 amide bonds. The van der Waals surface area contributed by atoms with Crippen LogP contribution in [0, 0.1) is 5.82 Å². The molecule has 3 aromatic rings. The van der Waals surface area contributed by atoms with Crippen molar-refractivity contribution in [3.8, 4) is 5.75 Å². The van der Waals surface area contributed by atoms with Gasteiger partial charge in [0.1, 0.15) is 24.2 Å². The van der Waals surface area contributed by atoms with Crippen LogP contribution in [0.4, 0.5) is 10.1 Å². The van der Waals surface area contributed by atoms with Gasteiger partial charge in [0.25, 0.3) is 10.0 Å². The monoisotopic (exact) mass is 581 g/mol. The predicted octanol–water partition coefficient (Wildman–Crippen LogP) is 4.90. The number of ether oxygens (including phenoxy) is 1. The highest BCUT2D eigenvalue weighted by atomic mass is 32.2. The zero-order valence-electron chi connectivity index (χ0n) is 23.3. The smallest absolute Gasteiger partial charge is 0.264 e. The SMILES string of the molecule is CCOc1ccc(S(=O)(=O)N(CC(=O)N(Cc2ccccc2)C(C)C(=O)NC2CCCC2)c2ccc(F)cc2)cc1. The molecule has 10 heteroatoms. The first kappa shape index (κ1) is 30.0. The average molecular weight is 582 g/mol. The van der Waals surface area contributed by atoms with E-state index >= 15 is 0 Å². The molecule has 1 saturated carbocycles. The number of amides is 2. The maximum absolute atomic E-state index is 13.9. The van der Waals surface area contributed by atoms with Crippen LogP contribution in [0.2, 0.25) is 0 Å². The van der Waals surface area contributed by atoms with Gasteiger partial charge in [0.15, 0.2) is 0 Å². The molecule has 0 radical (unpaired) electrons. The van der Waals surface area contributed by atoms with Gasteiger partial charge in [-0.15, -0.1) is 0 Å². The van der Waals surface area contributed by atoms with Crippen LogP contribution in [0.15, 0.2) is 83.8 Å². The number of sulfonamides is 1. The minimum Gasteiger partial charge on any atom is -0.494 e. The van der Waals surface area contributed by atoms with E-state index < -0.39 is 34.3 Å². The van der Waals surface area contributed by atoms with Gasteiger partial charge in [-0.3, -0.25) is 13.9 Å². The van der Waals surface area contributed by atoms with Gasteiger partial charge in [-0.2, -0.15) is 0 Å². The maximum Gasteiger partial charge on any atom is 0.264 e. The lowest BCUT2D eigenvalue weighted by Crippen LogP contribution is -2.52. The molecule has 0 bridgehead atoms. The molecule has 0 aromatic heterocycles. The molecule has 1 unspecified atom stereocenters. The summed E-state index contributed by atoms with van der Waals surface area (Å²) in [5.41, 5.74) is 0.917. The molecule has 1 aliphatic rings. The van der Waals surface area contributed by atoms with E-state index in [0.717, 1.165) is 47.7 Å². The van der Waals surface area contributed by atoms with Crippen LogP contribution in [0.1, 0.15) is 45.1 Å². The molecule has 1 N–H and O–H groups in total. The average Bonchev–Trinajstić information content (AvgIpc) is 3.49. The van der Waals surface area contributed by atoms with Crippen LogP contribution < -0.4 is 14.4 Å². The van der Waals surface area contributed by atoms with Crippen molar-refractivity contribution < 1.29 is 27.1 Å². The molecule has 0 aliphatic heterocycles. The first-order valence-corrected chi connectivity index (χ1v) is 15.3. The number of nitrogens with one attached hydrogen (secondary N) is 1. The van der Waals surface area contributed by atoms with E-state index in [-0.39, 0.29) is 29.1 Å². The largest absolute Gasteiger partial charge is 0.494 e. The number of halogens is 1. The summed E-state index contributed by atoms with van der Waals surface area (Å²) in [6.45, 7) is 3.41. The van der Waals surface area contributed by atoms with Crippen molar-refractivity contribution in [1.29, 1.82) is 0 Å². The van der Waals surface area contributed by atoms with Crippen LogP contribution in [-0.2, 0) is 26.2 Å². The second-order valence-electron chi connectivity index (χ2n) is 10.1. The zero-order chi connectivity index (χ0) is 29.4. The van der Waals surface area contributed by atoms with Crippen LogP contribution in [-0.4, -0.2) is 50.4 Å². The van der Waals surface area contributed by atoms with Gasteiger partial charge in [-0.1, -0.05) is 43.2 Å². The van der Waals surface area contributed by atoms with Crippen LogP contribution >= 0.6 is 0 Å². The molecular weight excluding hydrogens is 545 g/mol. The van der Waals surface area contributed by atoms with Crippen LogP contribution in [0.3, 0.4) is 0 Å². The minimum atomic E-state index is -4.26. The summed E-state index contributed by atoms with van der Waals surface area (Å²) in [6.07, 6.45) is 3.87. The quantitative estimate of drug-likeness (QED) is 0.329. The standard InChI is InChI=1S/C31H36FN3O5S/c1-3-40-28-17-19-29(20-18-28)41(38,39)35(27-15-13-25(32)14-16-27)22-30(36)34(21-24-9-5-4-6-10-24)23(2)31(37)33-26-11-7-8-12-26/h4-6,9-10,13-20,23,26H,3,7-8,11-12,21-22H2,1-2H3,(H,33,37). The first-order valence-electron chi connectivity index (χ1n) is 13.8. The van der Waals surface area contributed by atoms with E-state index in [1.165, 1.54) is 41.3 Å². The van der Waals surface area contributed by atoms with Gasteiger partial charge >= 0.3 is 0 Å². The molecule has 1 atom stereocenters. The van der Waals surface area contributed by atoms with Crippen molar-refractivity contribution >= 4 is 27.5 Å². The van der Waals surface area contributed by atoms with Crippen molar-refractivity contribution in [2.75, 3.05) is 17.5 Å². The molecule has 1 fully saturated rings. The van der Waals surface area contributed by atoms with E-state index in [2.05, 4.69) is 5.32 Å². The number of benzene rings is 3. The van der Waals surface area contributed by atoms with Crippen LogP contribution in [0.25, 0.3) is 0 Å². The summed E-state index contributed by atoms with van der Waals surface area (Å²) in [7, 11) is -4.26. The Labute approximate surface area is 241 Å². The van der Waals surface area contributed by atoms with Crippen molar-refractivity contribution in [2.24, 2.45) is 0 Å². The molecule has 3 aromatic carbocycles. The highest BCUT2D eigenvalue weighted by Gasteiger charge is 2.33. The lowest BCUT2D eigenvalue weighted by atomic mass is 10.1. The number of rotatable bonds is 12. The van der Waals surface area contributed by atoms with Gasteiger partial charge in [0.05, 0.1) is 17.2 Å². The molecule has 1 aliphatic carbocycles. The molecular formula is C31H36FN3O5S. The molecule has 0 spiro atoms. The van der Waals surface area contributed by atoms with Crippen molar-refractivity contribution in [2.45, 2.75) is 63.1 Å². The van der Waals surface area contributed by atoms with Gasteiger partial charge < -0.3 is 15.0 Å². The fourth-order valence-electron chi connectivity index (χ4n) is 4.89. The van der Waals surface area contributed by atoms with E-state index in [1.807, 2.05) is 37.3 Å². The summed E-state index contributed by atoms with van der Waals surface area (Å²) >= 11 is 0. The number of hydrogen-bond donors (Lipinski definition) is 1. The zero-order valence-corrected chi connectivity index (χ0v) is 24.1. The van der Waals surface area contributed by atoms with Gasteiger partial charge in [0.2, 0.25) is 11.8 Å². The lowest BCUT2D eigenvalue weighted by molar-refractivity contribution is -0.139. The number of anilines is 1. The highest BCUT2D eigenvalue weighted by Crippen LogP contribution is 2.26. The maximum atomic E-state index is 13.9. The number of carbonyl (C=O) groups excluding carboxylic acids is 2. The highest BCUT2D eigenvalue weighted by molar-refractivity contribution is 7.92. The molecule has 4 rings (SSSR count). The van der Waals surface area contributed by atoms with Crippen molar-refractivity contribution in [1.82, 2.24) is 10.2 Å². The number of carbonyl (C=O) groups is 2. The van der Waals surface area contributed by atoms with E-state index in [0.29, 0.717) is 12.4 Å². The topological polar surface area (TPSA) is 96.0 Å². The lowest BCUT2D eigenvalue weighted by Gasteiger charge is -2.32. The Bertz CT molecular complexity index is 1410. The summed E-state index contributed by atoms with van der Waals surface area (Å²) in [6, 6.07) is 19.2. The van der Waals surface area contributed by atoms with Gasteiger partial charge in [0, 0.05) is 12.6 Å². The normalized spacial score (nSPS) is 14.3. The number of hydrogen-bond acceptors (Lipinski definition) is 5. The second kappa shape index (κ2) is 13.6. The third-order valence-electron chi connectivity index (χ3n) is 7.18. The molecule has 0 saturated heterocycles. The Kier molecular flexibility index (Phi) is 9.99.